The topological polar surface area (TPSA) is 66.8 Å². The molecule has 6 nitrogen and oxygen atoms in total. The van der Waals surface area contributed by atoms with Crippen LogP contribution < -0.4 is 4.74 Å². The number of benzene rings is 2. The van der Waals surface area contributed by atoms with E-state index in [1.807, 2.05) is 43.3 Å². The second-order valence-electron chi connectivity index (χ2n) is 7.98. The molecule has 1 atom stereocenters. The normalized spacial score (nSPS) is 11.8. The summed E-state index contributed by atoms with van der Waals surface area (Å²) < 4.78 is 18.2. The molecule has 2 aromatic carbocycles. The summed E-state index contributed by atoms with van der Waals surface area (Å²) >= 11 is 0. The zero-order valence-electron chi connectivity index (χ0n) is 19.7. The van der Waals surface area contributed by atoms with Crippen molar-refractivity contribution < 1.29 is 23.8 Å². The maximum absolute atomic E-state index is 12.3. The van der Waals surface area contributed by atoms with Crippen LogP contribution in [0.3, 0.4) is 0 Å². The minimum atomic E-state index is -0.620. The van der Waals surface area contributed by atoms with Crippen LogP contribution in [0.25, 0.3) is 10.9 Å². The summed E-state index contributed by atoms with van der Waals surface area (Å²) in [5, 5.41) is 1.02. The first-order valence-electron chi connectivity index (χ1n) is 11.1. The molecule has 0 fully saturated rings. The maximum atomic E-state index is 12.3. The second kappa shape index (κ2) is 10.9. The van der Waals surface area contributed by atoms with Crippen LogP contribution in [-0.4, -0.2) is 36.3 Å². The number of carbonyl (C=O) groups is 2. The van der Waals surface area contributed by atoms with Gasteiger partial charge in [0.2, 0.25) is 0 Å². The third-order valence-electron chi connectivity index (χ3n) is 5.74. The summed E-state index contributed by atoms with van der Waals surface area (Å²) in [5.41, 5.74) is 4.83. The van der Waals surface area contributed by atoms with Gasteiger partial charge in [0.05, 0.1) is 12.7 Å². The fourth-order valence-corrected chi connectivity index (χ4v) is 3.88. The summed E-state index contributed by atoms with van der Waals surface area (Å²) in [6, 6.07) is 13.4. The first-order chi connectivity index (χ1) is 15.9. The van der Waals surface area contributed by atoms with Gasteiger partial charge in [0, 0.05) is 23.1 Å². The molecule has 1 aromatic heterocycles. The van der Waals surface area contributed by atoms with Crippen LogP contribution in [0.4, 0.5) is 0 Å². The van der Waals surface area contributed by atoms with Gasteiger partial charge in [0.25, 0.3) is 0 Å². The van der Waals surface area contributed by atoms with Crippen molar-refractivity contribution >= 4 is 22.8 Å². The molecule has 0 aliphatic rings. The van der Waals surface area contributed by atoms with Crippen LogP contribution in [0, 0.1) is 13.8 Å². The molecule has 6 heteroatoms. The smallest absolute Gasteiger partial charge is 0.347 e. The Bertz CT molecular complexity index is 1160. The molecule has 174 valence electrons. The Labute approximate surface area is 194 Å². The van der Waals surface area contributed by atoms with Crippen molar-refractivity contribution in [2.24, 2.45) is 0 Å². The SMILES string of the molecule is C=CCOC(=O)c1ccc2c(c1)c(C)c(C)n2Cc1cccc(O[C@H](CCC)C(=O)OC)c1. The van der Waals surface area contributed by atoms with Crippen molar-refractivity contribution in [1.29, 1.82) is 0 Å². The number of esters is 2. The van der Waals surface area contributed by atoms with E-state index in [0.717, 1.165) is 34.1 Å². The van der Waals surface area contributed by atoms with Crippen molar-refractivity contribution in [3.63, 3.8) is 0 Å². The number of rotatable bonds is 10. The van der Waals surface area contributed by atoms with Gasteiger partial charge in [-0.1, -0.05) is 38.1 Å². The number of hydrogen-bond donors (Lipinski definition) is 0. The number of carbonyl (C=O) groups excluding carboxylic acids is 2. The summed E-state index contributed by atoms with van der Waals surface area (Å²) in [6.07, 6.45) is 2.34. The summed E-state index contributed by atoms with van der Waals surface area (Å²) in [5.74, 6) is -0.0966. The van der Waals surface area contributed by atoms with E-state index in [2.05, 4.69) is 25.0 Å². The Morgan fingerprint density at radius 1 is 1.15 bits per heavy atom. The molecule has 0 aliphatic carbocycles. The molecule has 0 aliphatic heterocycles. The molecule has 0 radical (unpaired) electrons. The molecule has 0 saturated carbocycles. The van der Waals surface area contributed by atoms with Gasteiger partial charge >= 0.3 is 11.9 Å². The number of methoxy groups -OCH3 is 1. The average molecular weight is 450 g/mol. The van der Waals surface area contributed by atoms with E-state index in [1.165, 1.54) is 7.11 Å². The largest absolute Gasteiger partial charge is 0.479 e. The number of aryl methyl sites for hydroxylation is 1. The number of ether oxygens (including phenoxy) is 3. The van der Waals surface area contributed by atoms with Crippen LogP contribution in [0.5, 0.6) is 5.75 Å². The third kappa shape index (κ3) is 5.45. The molecule has 3 rings (SSSR count). The molecular weight excluding hydrogens is 418 g/mol. The predicted molar refractivity (Wildman–Crippen MR) is 129 cm³/mol. The first kappa shape index (κ1) is 24.1. The highest BCUT2D eigenvalue weighted by Gasteiger charge is 2.20. The van der Waals surface area contributed by atoms with E-state index in [0.29, 0.717) is 24.3 Å². The van der Waals surface area contributed by atoms with Gasteiger partial charge in [-0.05, 0) is 61.7 Å². The zero-order chi connectivity index (χ0) is 24.0. The number of fused-ring (bicyclic) bond motifs is 1. The monoisotopic (exact) mass is 449 g/mol. The van der Waals surface area contributed by atoms with E-state index in [9.17, 15) is 9.59 Å². The number of nitrogens with zero attached hydrogens (tertiary/aromatic N) is 1. The second-order valence-corrected chi connectivity index (χ2v) is 7.98. The van der Waals surface area contributed by atoms with Crippen molar-refractivity contribution in [1.82, 2.24) is 4.57 Å². The van der Waals surface area contributed by atoms with Gasteiger partial charge in [0.15, 0.2) is 6.10 Å². The van der Waals surface area contributed by atoms with Gasteiger partial charge in [-0.15, -0.1) is 0 Å². The van der Waals surface area contributed by atoms with E-state index in [-0.39, 0.29) is 18.5 Å². The first-order valence-corrected chi connectivity index (χ1v) is 11.1. The minimum Gasteiger partial charge on any atom is -0.479 e. The van der Waals surface area contributed by atoms with Gasteiger partial charge in [0.1, 0.15) is 12.4 Å². The molecule has 0 saturated heterocycles. The lowest BCUT2D eigenvalue weighted by molar-refractivity contribution is -0.149. The van der Waals surface area contributed by atoms with Gasteiger partial charge in [-0.25, -0.2) is 9.59 Å². The van der Waals surface area contributed by atoms with E-state index >= 15 is 0 Å². The molecule has 0 bridgehead atoms. The van der Waals surface area contributed by atoms with Gasteiger partial charge < -0.3 is 18.8 Å². The summed E-state index contributed by atoms with van der Waals surface area (Å²) in [7, 11) is 1.37. The van der Waals surface area contributed by atoms with Crippen molar-refractivity contribution in [2.75, 3.05) is 13.7 Å². The van der Waals surface area contributed by atoms with Crippen LogP contribution in [-0.2, 0) is 20.8 Å². The Morgan fingerprint density at radius 3 is 2.64 bits per heavy atom. The lowest BCUT2D eigenvalue weighted by Gasteiger charge is -2.17. The predicted octanol–water partition coefficient (Wildman–Crippen LogP) is 5.37. The molecule has 0 spiro atoms. The zero-order valence-corrected chi connectivity index (χ0v) is 19.7. The standard InChI is InChI=1S/C27H31NO5/c1-6-9-25(27(30)31-5)33-22-11-8-10-20(15-22)17-28-19(4)18(3)23-16-21(12-13-24(23)28)26(29)32-14-7-2/h7-8,10-13,15-16,25H,2,6,9,14,17H2,1,3-5H3/t25-/m1/s1. The highest BCUT2D eigenvalue weighted by atomic mass is 16.6. The molecular formula is C27H31NO5. The van der Waals surface area contributed by atoms with Crippen LogP contribution in [0.2, 0.25) is 0 Å². The highest BCUT2D eigenvalue weighted by molar-refractivity contribution is 5.96. The molecule has 33 heavy (non-hydrogen) atoms. The third-order valence-corrected chi connectivity index (χ3v) is 5.74. The lowest BCUT2D eigenvalue weighted by atomic mass is 10.1. The number of aromatic nitrogens is 1. The van der Waals surface area contributed by atoms with Gasteiger partial charge in [-0.3, -0.25) is 0 Å². The highest BCUT2D eigenvalue weighted by Crippen LogP contribution is 2.28. The Morgan fingerprint density at radius 2 is 1.94 bits per heavy atom. The molecule has 3 aromatic rings. The molecule has 0 N–H and O–H groups in total. The molecule has 0 unspecified atom stereocenters. The fourth-order valence-electron chi connectivity index (χ4n) is 3.88. The summed E-state index contributed by atoms with van der Waals surface area (Å²) in [4.78, 5) is 24.3. The molecule has 1 heterocycles. The Hall–Kier alpha value is -3.54. The summed E-state index contributed by atoms with van der Waals surface area (Å²) in [6.45, 7) is 10.5. The van der Waals surface area contributed by atoms with Crippen molar-refractivity contribution in [3.05, 3.63) is 77.5 Å². The van der Waals surface area contributed by atoms with E-state index < -0.39 is 6.10 Å². The van der Waals surface area contributed by atoms with Crippen molar-refractivity contribution in [2.45, 2.75) is 46.3 Å². The molecule has 0 amide bonds. The van der Waals surface area contributed by atoms with Crippen LogP contribution >= 0.6 is 0 Å². The Balaban J connectivity index is 1.88. The van der Waals surface area contributed by atoms with Gasteiger partial charge in [-0.2, -0.15) is 0 Å². The van der Waals surface area contributed by atoms with Crippen molar-refractivity contribution in [3.8, 4) is 5.75 Å². The average Bonchev–Trinajstić information content (AvgIpc) is 3.06. The van der Waals surface area contributed by atoms with E-state index in [4.69, 9.17) is 14.2 Å². The Kier molecular flexibility index (Phi) is 7.93. The quantitative estimate of drug-likeness (QED) is 0.307. The van der Waals surface area contributed by atoms with E-state index in [1.54, 1.807) is 12.1 Å². The maximum Gasteiger partial charge on any atom is 0.347 e. The van der Waals surface area contributed by atoms with Crippen LogP contribution in [0.15, 0.2) is 55.1 Å². The fraction of sp³-hybridized carbons (Fsp3) is 0.333. The number of hydrogen-bond acceptors (Lipinski definition) is 5. The van der Waals surface area contributed by atoms with Crippen LogP contribution in [0.1, 0.15) is 46.9 Å². The lowest BCUT2D eigenvalue weighted by Crippen LogP contribution is -2.28. The minimum absolute atomic E-state index is 0.184.